The molecule has 122 valence electrons. The highest BCUT2D eigenvalue weighted by Crippen LogP contribution is 2.38. The zero-order valence-corrected chi connectivity index (χ0v) is 14.0. The van der Waals surface area contributed by atoms with Crippen LogP contribution in [0.3, 0.4) is 0 Å². The average Bonchev–Trinajstić information content (AvgIpc) is 3.14. The monoisotopic (exact) mass is 295 g/mol. The topological polar surface area (TPSA) is 58.4 Å². The fourth-order valence-corrected chi connectivity index (χ4v) is 3.95. The molecular formula is C17H33N3O. The van der Waals surface area contributed by atoms with Crippen LogP contribution in [0.25, 0.3) is 0 Å². The number of nitrogens with zero attached hydrogens (tertiary/aromatic N) is 1. The van der Waals surface area contributed by atoms with Crippen molar-refractivity contribution < 1.29 is 4.79 Å². The van der Waals surface area contributed by atoms with Crippen LogP contribution in [-0.4, -0.2) is 42.0 Å². The summed E-state index contributed by atoms with van der Waals surface area (Å²) in [4.78, 5) is 14.7. The molecule has 2 rings (SSSR count). The second-order valence-electron chi connectivity index (χ2n) is 7.35. The van der Waals surface area contributed by atoms with Crippen LogP contribution in [0.15, 0.2) is 0 Å². The van der Waals surface area contributed by atoms with E-state index < -0.39 is 5.54 Å². The summed E-state index contributed by atoms with van der Waals surface area (Å²) in [6, 6.07) is 0.298. The summed E-state index contributed by atoms with van der Waals surface area (Å²) in [7, 11) is 0. The molecule has 4 nitrogen and oxygen atoms in total. The molecule has 2 atom stereocenters. The number of hydrogen-bond acceptors (Lipinski definition) is 3. The third kappa shape index (κ3) is 4.19. The lowest BCUT2D eigenvalue weighted by Gasteiger charge is -2.36. The molecule has 0 spiro atoms. The summed E-state index contributed by atoms with van der Waals surface area (Å²) in [6.45, 7) is 9.91. The van der Waals surface area contributed by atoms with Crippen LogP contribution in [0.2, 0.25) is 0 Å². The maximum Gasteiger partial charge on any atom is 0.238 e. The normalized spacial score (nSPS) is 29.5. The summed E-state index contributed by atoms with van der Waals surface area (Å²) >= 11 is 0. The van der Waals surface area contributed by atoms with Crippen molar-refractivity contribution in [2.75, 3.05) is 19.6 Å². The smallest absolute Gasteiger partial charge is 0.238 e. The summed E-state index contributed by atoms with van der Waals surface area (Å²) < 4.78 is 0. The van der Waals surface area contributed by atoms with E-state index in [1.807, 2.05) is 0 Å². The zero-order valence-electron chi connectivity index (χ0n) is 14.0. The number of hydrogen-bond donors (Lipinski definition) is 2. The SMILES string of the molecule is CCN(CCC1CCCC1(NC(C)C)C(N)=O)CC1CC1. The van der Waals surface area contributed by atoms with Crippen molar-refractivity contribution in [3.05, 3.63) is 0 Å². The zero-order chi connectivity index (χ0) is 15.5. The lowest BCUT2D eigenvalue weighted by Crippen LogP contribution is -2.60. The molecule has 2 fully saturated rings. The van der Waals surface area contributed by atoms with E-state index in [0.717, 1.165) is 44.7 Å². The van der Waals surface area contributed by atoms with Crippen molar-refractivity contribution in [1.82, 2.24) is 10.2 Å². The number of carbonyl (C=O) groups excluding carboxylic acids is 1. The van der Waals surface area contributed by atoms with Gasteiger partial charge in [-0.1, -0.05) is 13.3 Å². The number of carbonyl (C=O) groups is 1. The molecule has 0 aromatic carbocycles. The van der Waals surface area contributed by atoms with Crippen molar-refractivity contribution >= 4 is 5.91 Å². The largest absolute Gasteiger partial charge is 0.368 e. The summed E-state index contributed by atoms with van der Waals surface area (Å²) in [5, 5.41) is 3.51. The molecule has 2 unspecified atom stereocenters. The molecule has 2 aliphatic rings. The number of amides is 1. The molecule has 0 saturated heterocycles. The number of nitrogens with two attached hydrogens (primary N) is 1. The summed E-state index contributed by atoms with van der Waals surface area (Å²) in [5.41, 5.74) is 5.32. The average molecular weight is 295 g/mol. The molecule has 0 bridgehead atoms. The minimum Gasteiger partial charge on any atom is -0.368 e. The lowest BCUT2D eigenvalue weighted by atomic mass is 9.83. The Morgan fingerprint density at radius 2 is 2.10 bits per heavy atom. The van der Waals surface area contributed by atoms with Crippen LogP contribution in [0.5, 0.6) is 0 Å². The van der Waals surface area contributed by atoms with E-state index in [2.05, 4.69) is 31.0 Å². The van der Waals surface area contributed by atoms with Crippen molar-refractivity contribution in [2.24, 2.45) is 17.6 Å². The first-order valence-corrected chi connectivity index (χ1v) is 8.78. The first kappa shape index (κ1) is 16.8. The Morgan fingerprint density at radius 1 is 1.38 bits per heavy atom. The van der Waals surface area contributed by atoms with Crippen LogP contribution >= 0.6 is 0 Å². The van der Waals surface area contributed by atoms with E-state index in [1.54, 1.807) is 0 Å². The predicted molar refractivity (Wildman–Crippen MR) is 87.0 cm³/mol. The quantitative estimate of drug-likeness (QED) is 0.685. The van der Waals surface area contributed by atoms with Gasteiger partial charge >= 0.3 is 0 Å². The van der Waals surface area contributed by atoms with E-state index in [4.69, 9.17) is 5.73 Å². The van der Waals surface area contributed by atoms with Crippen molar-refractivity contribution in [3.8, 4) is 0 Å². The summed E-state index contributed by atoms with van der Waals surface area (Å²) in [6.07, 6.45) is 7.04. The van der Waals surface area contributed by atoms with Crippen LogP contribution in [0, 0.1) is 11.8 Å². The van der Waals surface area contributed by atoms with Gasteiger partial charge in [0.15, 0.2) is 0 Å². The lowest BCUT2D eigenvalue weighted by molar-refractivity contribution is -0.126. The van der Waals surface area contributed by atoms with E-state index in [-0.39, 0.29) is 5.91 Å². The van der Waals surface area contributed by atoms with E-state index in [0.29, 0.717) is 12.0 Å². The van der Waals surface area contributed by atoms with Crippen molar-refractivity contribution in [2.45, 2.75) is 70.9 Å². The number of nitrogens with one attached hydrogen (secondary N) is 1. The van der Waals surface area contributed by atoms with Gasteiger partial charge in [0.2, 0.25) is 5.91 Å². The number of primary amides is 1. The molecule has 2 saturated carbocycles. The van der Waals surface area contributed by atoms with E-state index in [1.165, 1.54) is 19.4 Å². The van der Waals surface area contributed by atoms with Gasteiger partial charge in [0, 0.05) is 12.6 Å². The van der Waals surface area contributed by atoms with Gasteiger partial charge in [0.1, 0.15) is 5.54 Å². The fraction of sp³-hybridized carbons (Fsp3) is 0.941. The highest BCUT2D eigenvalue weighted by Gasteiger charge is 2.47. The summed E-state index contributed by atoms with van der Waals surface area (Å²) in [5.74, 6) is 1.18. The molecule has 0 aromatic rings. The Labute approximate surface area is 129 Å². The molecule has 21 heavy (non-hydrogen) atoms. The third-order valence-corrected chi connectivity index (χ3v) is 5.26. The van der Waals surface area contributed by atoms with Crippen LogP contribution in [0.1, 0.15) is 59.3 Å². The Morgan fingerprint density at radius 3 is 2.62 bits per heavy atom. The number of rotatable bonds is 9. The molecule has 0 aromatic heterocycles. The van der Waals surface area contributed by atoms with E-state index in [9.17, 15) is 4.79 Å². The molecule has 0 heterocycles. The molecule has 2 aliphatic carbocycles. The van der Waals surface area contributed by atoms with E-state index >= 15 is 0 Å². The van der Waals surface area contributed by atoms with Crippen molar-refractivity contribution in [1.29, 1.82) is 0 Å². The second-order valence-corrected chi connectivity index (χ2v) is 7.35. The first-order valence-electron chi connectivity index (χ1n) is 8.78. The predicted octanol–water partition coefficient (Wildman–Crippen LogP) is 2.13. The van der Waals surface area contributed by atoms with Gasteiger partial charge in [0.25, 0.3) is 0 Å². The van der Waals surface area contributed by atoms with Gasteiger partial charge in [-0.25, -0.2) is 0 Å². The van der Waals surface area contributed by atoms with Crippen molar-refractivity contribution in [3.63, 3.8) is 0 Å². The van der Waals surface area contributed by atoms with Crippen LogP contribution in [-0.2, 0) is 4.79 Å². The van der Waals surface area contributed by atoms with Crippen LogP contribution < -0.4 is 11.1 Å². The van der Waals surface area contributed by atoms with Gasteiger partial charge in [-0.15, -0.1) is 0 Å². The molecule has 3 N–H and O–H groups in total. The van der Waals surface area contributed by atoms with Gasteiger partial charge < -0.3 is 16.0 Å². The minimum absolute atomic E-state index is 0.149. The Bertz CT molecular complexity index is 354. The van der Waals surface area contributed by atoms with Crippen LogP contribution in [0.4, 0.5) is 0 Å². The Balaban J connectivity index is 1.93. The molecule has 0 radical (unpaired) electrons. The molecule has 4 heteroatoms. The fourth-order valence-electron chi connectivity index (χ4n) is 3.95. The highest BCUT2D eigenvalue weighted by atomic mass is 16.1. The molecule has 0 aliphatic heterocycles. The third-order valence-electron chi connectivity index (χ3n) is 5.26. The van der Waals surface area contributed by atoms with Gasteiger partial charge in [-0.3, -0.25) is 4.79 Å². The van der Waals surface area contributed by atoms with Gasteiger partial charge in [0.05, 0.1) is 0 Å². The second kappa shape index (κ2) is 7.10. The maximum absolute atomic E-state index is 12.1. The molecular weight excluding hydrogens is 262 g/mol. The minimum atomic E-state index is -0.465. The highest BCUT2D eigenvalue weighted by molar-refractivity contribution is 5.85. The molecule has 1 amide bonds. The Hall–Kier alpha value is -0.610. The first-order chi connectivity index (χ1) is 9.98. The Kier molecular flexibility index (Phi) is 5.67. The van der Waals surface area contributed by atoms with Gasteiger partial charge in [-0.2, -0.15) is 0 Å². The standard InChI is InChI=1S/C17H33N3O/c1-4-20(12-14-7-8-14)11-9-15-6-5-10-17(15,16(18)21)19-13(2)3/h13-15,19H,4-12H2,1-3H3,(H2,18,21). The van der Waals surface area contributed by atoms with Gasteiger partial charge in [-0.05, 0) is 70.9 Å². The maximum atomic E-state index is 12.1.